The molecule has 1 heterocycles. The maximum absolute atomic E-state index is 3.74. The lowest BCUT2D eigenvalue weighted by atomic mass is 9.73. The Hall–Kier alpha value is -0.0800. The van der Waals surface area contributed by atoms with E-state index in [1.54, 1.807) is 0 Å². The van der Waals surface area contributed by atoms with E-state index in [1.165, 1.54) is 38.9 Å². The number of likely N-dealkylation sites (tertiary alicyclic amines) is 1. The van der Waals surface area contributed by atoms with Crippen molar-refractivity contribution in [3.63, 3.8) is 0 Å². The van der Waals surface area contributed by atoms with Crippen LogP contribution in [0.5, 0.6) is 0 Å². The van der Waals surface area contributed by atoms with Crippen LogP contribution in [-0.4, -0.2) is 37.6 Å². The lowest BCUT2D eigenvalue weighted by Crippen LogP contribution is -2.44. The Bertz CT molecular complexity index is 197. The maximum atomic E-state index is 3.74. The Labute approximate surface area is 94.4 Å². The molecule has 2 aliphatic rings. The number of hydrogen-bond acceptors (Lipinski definition) is 2. The van der Waals surface area contributed by atoms with Gasteiger partial charge in [0.2, 0.25) is 0 Å². The summed E-state index contributed by atoms with van der Waals surface area (Å²) in [5.41, 5.74) is 0. The van der Waals surface area contributed by atoms with Crippen LogP contribution in [0.2, 0.25) is 0 Å². The molecule has 0 spiro atoms. The van der Waals surface area contributed by atoms with E-state index in [-0.39, 0.29) is 0 Å². The van der Waals surface area contributed by atoms with Gasteiger partial charge in [-0.3, -0.25) is 0 Å². The Morgan fingerprint density at radius 1 is 1.33 bits per heavy atom. The normalized spacial score (nSPS) is 37.2. The van der Waals surface area contributed by atoms with E-state index in [4.69, 9.17) is 0 Å². The quantitative estimate of drug-likeness (QED) is 0.763. The molecule has 1 aliphatic heterocycles. The van der Waals surface area contributed by atoms with Crippen molar-refractivity contribution in [3.8, 4) is 0 Å². The minimum absolute atomic E-state index is 0.836. The predicted molar refractivity (Wildman–Crippen MR) is 65.0 cm³/mol. The number of rotatable bonds is 4. The van der Waals surface area contributed by atoms with Gasteiger partial charge in [-0.25, -0.2) is 0 Å². The molecule has 1 unspecified atom stereocenters. The second kappa shape index (κ2) is 4.84. The molecule has 1 atom stereocenters. The zero-order valence-electron chi connectivity index (χ0n) is 10.5. The van der Waals surface area contributed by atoms with Crippen LogP contribution >= 0.6 is 0 Å². The van der Waals surface area contributed by atoms with E-state index >= 15 is 0 Å². The molecule has 1 N–H and O–H groups in total. The van der Waals surface area contributed by atoms with Gasteiger partial charge >= 0.3 is 0 Å². The van der Waals surface area contributed by atoms with Gasteiger partial charge in [-0.05, 0) is 57.2 Å². The summed E-state index contributed by atoms with van der Waals surface area (Å²) in [7, 11) is 2.23. The van der Waals surface area contributed by atoms with E-state index in [9.17, 15) is 0 Å². The van der Waals surface area contributed by atoms with Crippen molar-refractivity contribution >= 4 is 0 Å². The van der Waals surface area contributed by atoms with Crippen molar-refractivity contribution in [2.24, 2.45) is 17.8 Å². The maximum Gasteiger partial charge on any atom is 0.00726 e. The first kappa shape index (κ1) is 11.4. The zero-order chi connectivity index (χ0) is 10.8. The SMILES string of the molecule is CC(C)C1CC(NCC2CCN(C)C2)C1. The average molecular weight is 210 g/mol. The minimum Gasteiger partial charge on any atom is -0.314 e. The molecular weight excluding hydrogens is 184 g/mol. The lowest BCUT2D eigenvalue weighted by Gasteiger charge is -2.39. The van der Waals surface area contributed by atoms with Gasteiger partial charge in [-0.1, -0.05) is 13.8 Å². The van der Waals surface area contributed by atoms with E-state index in [0.717, 1.165) is 23.8 Å². The number of nitrogens with zero attached hydrogens (tertiary/aromatic N) is 1. The monoisotopic (exact) mass is 210 g/mol. The largest absolute Gasteiger partial charge is 0.314 e. The van der Waals surface area contributed by atoms with Crippen LogP contribution in [-0.2, 0) is 0 Å². The fourth-order valence-corrected chi connectivity index (χ4v) is 2.90. The van der Waals surface area contributed by atoms with Crippen molar-refractivity contribution in [2.45, 2.75) is 39.2 Å². The molecule has 88 valence electrons. The van der Waals surface area contributed by atoms with Gasteiger partial charge in [0.25, 0.3) is 0 Å². The fourth-order valence-electron chi connectivity index (χ4n) is 2.90. The van der Waals surface area contributed by atoms with Gasteiger partial charge in [-0.2, -0.15) is 0 Å². The van der Waals surface area contributed by atoms with Crippen LogP contribution in [0.4, 0.5) is 0 Å². The van der Waals surface area contributed by atoms with E-state index in [2.05, 4.69) is 31.1 Å². The van der Waals surface area contributed by atoms with E-state index in [0.29, 0.717) is 0 Å². The predicted octanol–water partition coefficient (Wildman–Crippen LogP) is 1.96. The molecule has 0 amide bonds. The fraction of sp³-hybridized carbons (Fsp3) is 1.00. The van der Waals surface area contributed by atoms with Crippen molar-refractivity contribution in [3.05, 3.63) is 0 Å². The summed E-state index contributed by atoms with van der Waals surface area (Å²) in [5.74, 6) is 2.79. The summed E-state index contributed by atoms with van der Waals surface area (Å²) in [6, 6.07) is 0.836. The molecule has 1 saturated carbocycles. The Kier molecular flexibility index (Phi) is 3.68. The van der Waals surface area contributed by atoms with Crippen molar-refractivity contribution in [2.75, 3.05) is 26.7 Å². The Morgan fingerprint density at radius 3 is 2.60 bits per heavy atom. The Balaban J connectivity index is 1.56. The van der Waals surface area contributed by atoms with Gasteiger partial charge < -0.3 is 10.2 Å². The smallest absolute Gasteiger partial charge is 0.00726 e. The van der Waals surface area contributed by atoms with E-state index in [1.807, 2.05) is 0 Å². The zero-order valence-corrected chi connectivity index (χ0v) is 10.5. The first-order valence-electron chi connectivity index (χ1n) is 6.57. The molecule has 1 aliphatic carbocycles. The minimum atomic E-state index is 0.836. The van der Waals surface area contributed by atoms with Gasteiger partial charge in [0.05, 0.1) is 0 Å². The van der Waals surface area contributed by atoms with Crippen LogP contribution < -0.4 is 5.32 Å². The number of nitrogens with one attached hydrogen (secondary N) is 1. The van der Waals surface area contributed by atoms with Gasteiger partial charge in [0, 0.05) is 12.6 Å². The van der Waals surface area contributed by atoms with Crippen LogP contribution in [0.15, 0.2) is 0 Å². The molecule has 2 rings (SSSR count). The molecule has 0 radical (unpaired) electrons. The highest BCUT2D eigenvalue weighted by molar-refractivity contribution is 4.87. The summed E-state index contributed by atoms with van der Waals surface area (Å²) in [5, 5.41) is 3.74. The third-order valence-corrected chi connectivity index (χ3v) is 4.30. The molecule has 2 heteroatoms. The Morgan fingerprint density at radius 2 is 2.07 bits per heavy atom. The standard InChI is InChI=1S/C13H26N2/c1-10(2)12-6-13(7-12)14-8-11-4-5-15(3)9-11/h10-14H,4-9H2,1-3H3. The first-order valence-corrected chi connectivity index (χ1v) is 6.57. The third-order valence-electron chi connectivity index (χ3n) is 4.30. The molecule has 2 fully saturated rings. The molecule has 2 nitrogen and oxygen atoms in total. The summed E-state index contributed by atoms with van der Waals surface area (Å²) in [6.45, 7) is 8.55. The molecule has 0 aromatic heterocycles. The van der Waals surface area contributed by atoms with Crippen LogP contribution in [0, 0.1) is 17.8 Å². The second-order valence-corrected chi connectivity index (χ2v) is 6.00. The van der Waals surface area contributed by atoms with Gasteiger partial charge in [0.15, 0.2) is 0 Å². The van der Waals surface area contributed by atoms with Crippen molar-refractivity contribution in [1.29, 1.82) is 0 Å². The highest BCUT2D eigenvalue weighted by Crippen LogP contribution is 2.33. The summed E-state index contributed by atoms with van der Waals surface area (Å²) in [4.78, 5) is 2.45. The van der Waals surface area contributed by atoms with Crippen molar-refractivity contribution < 1.29 is 0 Å². The van der Waals surface area contributed by atoms with Crippen LogP contribution in [0.25, 0.3) is 0 Å². The third kappa shape index (κ3) is 2.94. The van der Waals surface area contributed by atoms with Gasteiger partial charge in [-0.15, -0.1) is 0 Å². The van der Waals surface area contributed by atoms with Crippen LogP contribution in [0.1, 0.15) is 33.1 Å². The van der Waals surface area contributed by atoms with E-state index < -0.39 is 0 Å². The molecule has 15 heavy (non-hydrogen) atoms. The molecule has 0 aromatic rings. The molecule has 0 aromatic carbocycles. The van der Waals surface area contributed by atoms with Crippen LogP contribution in [0.3, 0.4) is 0 Å². The average Bonchev–Trinajstić information content (AvgIpc) is 2.48. The molecule has 1 saturated heterocycles. The summed E-state index contributed by atoms with van der Waals surface area (Å²) < 4.78 is 0. The first-order chi connectivity index (χ1) is 7.15. The summed E-state index contributed by atoms with van der Waals surface area (Å²) >= 11 is 0. The highest BCUT2D eigenvalue weighted by atomic mass is 15.1. The van der Waals surface area contributed by atoms with Gasteiger partial charge in [0.1, 0.15) is 0 Å². The molecular formula is C13H26N2. The highest BCUT2D eigenvalue weighted by Gasteiger charge is 2.31. The number of hydrogen-bond donors (Lipinski definition) is 1. The lowest BCUT2D eigenvalue weighted by molar-refractivity contribution is 0.164. The summed E-state index contributed by atoms with van der Waals surface area (Å²) in [6.07, 6.45) is 4.23. The molecule has 0 bridgehead atoms. The second-order valence-electron chi connectivity index (χ2n) is 6.00. The topological polar surface area (TPSA) is 15.3 Å². The van der Waals surface area contributed by atoms with Crippen molar-refractivity contribution in [1.82, 2.24) is 10.2 Å².